The molecule has 138 valence electrons. The van der Waals surface area contributed by atoms with E-state index >= 15 is 0 Å². The van der Waals surface area contributed by atoms with E-state index in [1.165, 1.54) is 4.90 Å². The average Bonchev–Trinajstić information content (AvgIpc) is 3.39. The van der Waals surface area contributed by atoms with Crippen LogP contribution in [0.5, 0.6) is 0 Å². The molecule has 1 saturated heterocycles. The number of nitrogens with zero attached hydrogens (tertiary/aromatic N) is 4. The predicted molar refractivity (Wildman–Crippen MR) is 107 cm³/mol. The molecule has 1 aromatic heterocycles. The maximum absolute atomic E-state index is 12.5. The number of hydrogen-bond donors (Lipinski definition) is 0. The summed E-state index contributed by atoms with van der Waals surface area (Å²) in [5.74, 6) is 1.04. The molecule has 1 aliphatic rings. The second-order valence-electron chi connectivity index (χ2n) is 6.64. The molecule has 1 atom stereocenters. The molecule has 1 aliphatic heterocycles. The van der Waals surface area contributed by atoms with Crippen molar-refractivity contribution in [2.45, 2.75) is 23.8 Å². The first-order chi connectivity index (χ1) is 13.3. The summed E-state index contributed by atoms with van der Waals surface area (Å²) in [5, 5.41) is 8.59. The minimum Gasteiger partial charge on any atom is -0.340 e. The first kappa shape index (κ1) is 17.8. The third-order valence-corrected chi connectivity index (χ3v) is 5.81. The standard InChI is InChI=1S/C21H22N4OS/c26-21(12-14-27-19-9-5-2-6-10-19)24-13-11-18(15-24)25-16-20(22-23-25)17-7-3-1-4-8-17/h1-10,16,18H,11-15H2/t18-/m1/s1. The SMILES string of the molecule is O=C(CCSc1ccccc1)N1CC[C@@H](n2cc(-c3ccccc3)nn2)C1. The van der Waals surface area contributed by atoms with Crippen molar-refractivity contribution in [2.24, 2.45) is 0 Å². The summed E-state index contributed by atoms with van der Waals surface area (Å²) in [4.78, 5) is 15.7. The van der Waals surface area contributed by atoms with Crippen molar-refractivity contribution < 1.29 is 4.79 Å². The molecular weight excluding hydrogens is 356 g/mol. The molecule has 27 heavy (non-hydrogen) atoms. The zero-order valence-electron chi connectivity index (χ0n) is 15.1. The van der Waals surface area contributed by atoms with E-state index in [1.54, 1.807) is 11.8 Å². The average molecular weight is 379 g/mol. The fraction of sp³-hybridized carbons (Fsp3) is 0.286. The van der Waals surface area contributed by atoms with Gasteiger partial charge in [0.1, 0.15) is 5.69 Å². The Morgan fingerprint density at radius 3 is 2.59 bits per heavy atom. The summed E-state index contributed by atoms with van der Waals surface area (Å²) in [6, 6.07) is 20.5. The summed E-state index contributed by atoms with van der Waals surface area (Å²) < 4.78 is 1.91. The van der Waals surface area contributed by atoms with Crippen LogP contribution in [-0.4, -0.2) is 44.6 Å². The Morgan fingerprint density at radius 2 is 1.81 bits per heavy atom. The highest BCUT2D eigenvalue weighted by Gasteiger charge is 2.28. The molecule has 0 radical (unpaired) electrons. The lowest BCUT2D eigenvalue weighted by Gasteiger charge is -2.16. The quantitative estimate of drug-likeness (QED) is 0.611. The number of thioether (sulfide) groups is 1. The molecule has 1 fully saturated rings. The van der Waals surface area contributed by atoms with Crippen LogP contribution in [0.1, 0.15) is 18.9 Å². The van der Waals surface area contributed by atoms with Gasteiger partial charge in [-0.3, -0.25) is 4.79 Å². The Bertz CT molecular complexity index is 881. The summed E-state index contributed by atoms with van der Waals surface area (Å²) in [6.07, 6.45) is 3.48. The number of carbonyl (C=O) groups excluding carboxylic acids is 1. The van der Waals surface area contributed by atoms with E-state index < -0.39 is 0 Å². The Balaban J connectivity index is 1.29. The van der Waals surface area contributed by atoms with Gasteiger partial charge in [0.15, 0.2) is 0 Å². The van der Waals surface area contributed by atoms with E-state index in [4.69, 9.17) is 0 Å². The van der Waals surface area contributed by atoms with Gasteiger partial charge < -0.3 is 4.90 Å². The van der Waals surface area contributed by atoms with Gasteiger partial charge in [0.25, 0.3) is 0 Å². The van der Waals surface area contributed by atoms with Crippen molar-refractivity contribution in [1.82, 2.24) is 19.9 Å². The van der Waals surface area contributed by atoms with Crippen LogP contribution >= 0.6 is 11.8 Å². The highest BCUT2D eigenvalue weighted by atomic mass is 32.2. The predicted octanol–water partition coefficient (Wildman–Crippen LogP) is 3.90. The van der Waals surface area contributed by atoms with E-state index in [-0.39, 0.29) is 11.9 Å². The third-order valence-electron chi connectivity index (χ3n) is 4.80. The van der Waals surface area contributed by atoms with Crippen LogP contribution in [0.25, 0.3) is 11.3 Å². The second kappa shape index (κ2) is 8.39. The molecule has 3 aromatic rings. The topological polar surface area (TPSA) is 51.0 Å². The molecule has 4 rings (SSSR count). The minimum atomic E-state index is 0.209. The van der Waals surface area contributed by atoms with Crippen LogP contribution in [0.15, 0.2) is 71.8 Å². The summed E-state index contributed by atoms with van der Waals surface area (Å²) in [7, 11) is 0. The van der Waals surface area contributed by atoms with Gasteiger partial charge in [0, 0.05) is 35.7 Å². The second-order valence-corrected chi connectivity index (χ2v) is 7.81. The fourth-order valence-electron chi connectivity index (χ4n) is 3.31. The smallest absolute Gasteiger partial charge is 0.223 e. The van der Waals surface area contributed by atoms with Gasteiger partial charge in [-0.2, -0.15) is 0 Å². The number of amides is 1. The number of benzene rings is 2. The number of likely N-dealkylation sites (tertiary alicyclic amines) is 1. The van der Waals surface area contributed by atoms with Gasteiger partial charge in [0.05, 0.1) is 12.2 Å². The van der Waals surface area contributed by atoms with E-state index in [0.717, 1.165) is 30.0 Å². The van der Waals surface area contributed by atoms with E-state index in [9.17, 15) is 4.79 Å². The lowest BCUT2D eigenvalue weighted by molar-refractivity contribution is -0.129. The maximum Gasteiger partial charge on any atom is 0.223 e. The lowest BCUT2D eigenvalue weighted by Crippen LogP contribution is -2.29. The van der Waals surface area contributed by atoms with Crippen molar-refractivity contribution in [1.29, 1.82) is 0 Å². The molecule has 1 amide bonds. The summed E-state index contributed by atoms with van der Waals surface area (Å²) in [6.45, 7) is 1.51. The normalized spacial score (nSPS) is 16.6. The molecule has 2 heterocycles. The molecule has 0 N–H and O–H groups in total. The van der Waals surface area contributed by atoms with Crippen LogP contribution in [0.4, 0.5) is 0 Å². The lowest BCUT2D eigenvalue weighted by atomic mass is 10.2. The summed E-state index contributed by atoms with van der Waals surface area (Å²) >= 11 is 1.73. The maximum atomic E-state index is 12.5. The third kappa shape index (κ3) is 4.39. The van der Waals surface area contributed by atoms with Crippen molar-refractivity contribution in [2.75, 3.05) is 18.8 Å². The molecular formula is C21H22N4OS. The number of rotatable bonds is 6. The van der Waals surface area contributed by atoms with E-state index in [0.29, 0.717) is 13.0 Å². The molecule has 0 saturated carbocycles. The molecule has 0 spiro atoms. The van der Waals surface area contributed by atoms with Gasteiger partial charge in [-0.15, -0.1) is 16.9 Å². The Morgan fingerprint density at radius 1 is 1.07 bits per heavy atom. The monoisotopic (exact) mass is 378 g/mol. The van der Waals surface area contributed by atoms with Crippen LogP contribution < -0.4 is 0 Å². The molecule has 6 heteroatoms. The van der Waals surface area contributed by atoms with Crippen LogP contribution in [0, 0.1) is 0 Å². The zero-order valence-corrected chi connectivity index (χ0v) is 15.9. The van der Waals surface area contributed by atoms with Gasteiger partial charge >= 0.3 is 0 Å². The van der Waals surface area contributed by atoms with Crippen molar-refractivity contribution in [3.05, 3.63) is 66.9 Å². The van der Waals surface area contributed by atoms with Crippen LogP contribution in [0.2, 0.25) is 0 Å². The van der Waals surface area contributed by atoms with Gasteiger partial charge in [-0.05, 0) is 18.6 Å². The largest absolute Gasteiger partial charge is 0.340 e. The van der Waals surface area contributed by atoms with Gasteiger partial charge in [-0.1, -0.05) is 53.7 Å². The Hall–Kier alpha value is -2.60. The summed E-state index contributed by atoms with van der Waals surface area (Å²) in [5.41, 5.74) is 1.94. The highest BCUT2D eigenvalue weighted by molar-refractivity contribution is 7.99. The molecule has 0 unspecified atom stereocenters. The molecule has 0 bridgehead atoms. The molecule has 0 aliphatic carbocycles. The van der Waals surface area contributed by atoms with Crippen LogP contribution in [0.3, 0.4) is 0 Å². The number of aromatic nitrogens is 3. The highest BCUT2D eigenvalue weighted by Crippen LogP contribution is 2.25. The Labute approximate surface area is 163 Å². The van der Waals surface area contributed by atoms with Gasteiger partial charge in [0.2, 0.25) is 5.91 Å². The number of hydrogen-bond acceptors (Lipinski definition) is 4. The first-order valence-corrected chi connectivity index (χ1v) is 10.2. The van der Waals surface area contributed by atoms with Gasteiger partial charge in [-0.25, -0.2) is 4.68 Å². The molecule has 5 nitrogen and oxygen atoms in total. The Kier molecular flexibility index (Phi) is 5.53. The van der Waals surface area contributed by atoms with Crippen molar-refractivity contribution in [3.63, 3.8) is 0 Å². The van der Waals surface area contributed by atoms with Crippen LogP contribution in [-0.2, 0) is 4.79 Å². The fourth-order valence-corrected chi connectivity index (χ4v) is 4.17. The van der Waals surface area contributed by atoms with E-state index in [2.05, 4.69) is 22.4 Å². The van der Waals surface area contributed by atoms with Crippen molar-refractivity contribution in [3.8, 4) is 11.3 Å². The zero-order chi connectivity index (χ0) is 18.5. The minimum absolute atomic E-state index is 0.209. The first-order valence-electron chi connectivity index (χ1n) is 9.22. The molecule has 2 aromatic carbocycles. The van der Waals surface area contributed by atoms with E-state index in [1.807, 2.05) is 64.3 Å². The number of carbonyl (C=O) groups is 1. The van der Waals surface area contributed by atoms with Crippen molar-refractivity contribution >= 4 is 17.7 Å².